The highest BCUT2D eigenvalue weighted by Crippen LogP contribution is 2.53. The van der Waals surface area contributed by atoms with Crippen molar-refractivity contribution in [2.75, 3.05) is 6.61 Å². The van der Waals surface area contributed by atoms with Gasteiger partial charge in [-0.05, 0) is 11.1 Å². The Hall–Kier alpha value is -0.790. The van der Waals surface area contributed by atoms with E-state index in [9.17, 15) is 14.8 Å². The zero-order valence-electron chi connectivity index (χ0n) is 11.3. The molecule has 7 nitrogen and oxygen atoms in total. The molecule has 0 saturated carbocycles. The lowest BCUT2D eigenvalue weighted by atomic mass is 10.1. The first-order chi connectivity index (χ1) is 10.1. The van der Waals surface area contributed by atoms with E-state index in [1.54, 1.807) is 0 Å². The SMILES string of the molecule is O=P1(OCC2OC(O)CC2O)OCc2ccccc2CO1. The Bertz CT molecular complexity index is 518. The normalized spacial score (nSPS) is 31.6. The zero-order chi connectivity index (χ0) is 14.9. The number of phosphoric acid groups is 1. The van der Waals surface area contributed by atoms with Crippen LogP contribution < -0.4 is 0 Å². The summed E-state index contributed by atoms with van der Waals surface area (Å²) >= 11 is 0. The molecule has 2 aliphatic heterocycles. The van der Waals surface area contributed by atoms with Crippen molar-refractivity contribution < 1.29 is 33.1 Å². The van der Waals surface area contributed by atoms with Crippen molar-refractivity contribution >= 4 is 7.82 Å². The van der Waals surface area contributed by atoms with E-state index in [0.717, 1.165) is 11.1 Å². The van der Waals surface area contributed by atoms with Crippen molar-refractivity contribution in [3.05, 3.63) is 35.4 Å². The summed E-state index contributed by atoms with van der Waals surface area (Å²) in [4.78, 5) is 0. The molecule has 0 bridgehead atoms. The van der Waals surface area contributed by atoms with Crippen LogP contribution in [0.1, 0.15) is 17.5 Å². The second kappa shape index (κ2) is 6.14. The van der Waals surface area contributed by atoms with Crippen molar-refractivity contribution in [2.24, 2.45) is 0 Å². The van der Waals surface area contributed by atoms with Crippen LogP contribution in [0.4, 0.5) is 0 Å². The molecule has 8 heteroatoms. The van der Waals surface area contributed by atoms with Crippen LogP contribution in [-0.2, 0) is 36.1 Å². The number of hydrogen-bond acceptors (Lipinski definition) is 7. The minimum Gasteiger partial charge on any atom is -0.390 e. The number of aliphatic hydroxyl groups excluding tert-OH is 2. The Kier molecular flexibility index (Phi) is 4.42. The van der Waals surface area contributed by atoms with E-state index in [4.69, 9.17) is 18.3 Å². The first-order valence-corrected chi connectivity index (χ1v) is 8.14. The first-order valence-electron chi connectivity index (χ1n) is 6.68. The Labute approximate surface area is 122 Å². The summed E-state index contributed by atoms with van der Waals surface area (Å²) in [6.07, 6.45) is -2.54. The lowest BCUT2D eigenvalue weighted by Gasteiger charge is -2.18. The van der Waals surface area contributed by atoms with E-state index in [1.807, 2.05) is 24.3 Å². The maximum absolute atomic E-state index is 12.4. The Morgan fingerprint density at radius 3 is 2.33 bits per heavy atom. The van der Waals surface area contributed by atoms with Crippen LogP contribution in [-0.4, -0.2) is 35.3 Å². The predicted octanol–water partition coefficient (Wildman–Crippen LogP) is 1.33. The van der Waals surface area contributed by atoms with Crippen molar-refractivity contribution in [3.8, 4) is 0 Å². The fourth-order valence-electron chi connectivity index (χ4n) is 2.27. The summed E-state index contributed by atoms with van der Waals surface area (Å²) in [6.45, 7) is 0.0835. The molecule has 1 aromatic carbocycles. The first kappa shape index (κ1) is 15.1. The van der Waals surface area contributed by atoms with Crippen LogP contribution in [0.3, 0.4) is 0 Å². The molecule has 0 spiro atoms. The highest BCUT2D eigenvalue weighted by molar-refractivity contribution is 7.48. The molecular formula is C13H17O7P. The molecule has 21 heavy (non-hydrogen) atoms. The fraction of sp³-hybridized carbons (Fsp3) is 0.538. The molecule has 3 unspecified atom stereocenters. The van der Waals surface area contributed by atoms with Gasteiger partial charge in [0.25, 0.3) is 0 Å². The molecule has 3 rings (SSSR count). The third-order valence-corrected chi connectivity index (χ3v) is 4.83. The van der Waals surface area contributed by atoms with Crippen LogP contribution in [0.5, 0.6) is 0 Å². The number of rotatable bonds is 3. The van der Waals surface area contributed by atoms with Gasteiger partial charge in [-0.3, -0.25) is 13.6 Å². The van der Waals surface area contributed by atoms with Crippen molar-refractivity contribution in [1.82, 2.24) is 0 Å². The van der Waals surface area contributed by atoms with Crippen LogP contribution in [0.15, 0.2) is 24.3 Å². The molecule has 0 aromatic heterocycles. The van der Waals surface area contributed by atoms with Gasteiger partial charge in [0.05, 0.1) is 25.9 Å². The van der Waals surface area contributed by atoms with E-state index < -0.39 is 26.3 Å². The van der Waals surface area contributed by atoms with Crippen LogP contribution >= 0.6 is 7.82 Å². The number of phosphoric ester groups is 1. The quantitative estimate of drug-likeness (QED) is 0.812. The molecule has 0 radical (unpaired) electrons. The molecule has 1 fully saturated rings. The molecule has 2 N–H and O–H groups in total. The largest absolute Gasteiger partial charge is 0.475 e. The van der Waals surface area contributed by atoms with Crippen LogP contribution in [0, 0.1) is 0 Å². The van der Waals surface area contributed by atoms with Gasteiger partial charge >= 0.3 is 7.82 Å². The molecule has 3 atom stereocenters. The van der Waals surface area contributed by atoms with Crippen molar-refractivity contribution in [1.29, 1.82) is 0 Å². The third-order valence-electron chi connectivity index (χ3n) is 3.48. The summed E-state index contributed by atoms with van der Waals surface area (Å²) in [7, 11) is -3.71. The molecule has 0 amide bonds. The van der Waals surface area contributed by atoms with Gasteiger partial charge in [-0.15, -0.1) is 0 Å². The Morgan fingerprint density at radius 1 is 1.19 bits per heavy atom. The maximum atomic E-state index is 12.4. The van der Waals surface area contributed by atoms with Crippen molar-refractivity contribution in [2.45, 2.75) is 38.1 Å². The average molecular weight is 316 g/mol. The predicted molar refractivity (Wildman–Crippen MR) is 71.1 cm³/mol. The summed E-state index contributed by atoms with van der Waals surface area (Å²) in [5, 5.41) is 18.9. The van der Waals surface area contributed by atoms with Crippen LogP contribution in [0.25, 0.3) is 0 Å². The van der Waals surface area contributed by atoms with Gasteiger partial charge in [0.1, 0.15) is 6.10 Å². The zero-order valence-corrected chi connectivity index (χ0v) is 12.1. The molecule has 0 aliphatic carbocycles. The standard InChI is InChI=1S/C13H17O7P/c14-11-5-13(15)20-12(11)8-19-21(16)17-6-9-3-1-2-4-10(9)7-18-21/h1-4,11-15H,5-8H2. The minimum atomic E-state index is -3.71. The fourth-order valence-corrected chi connectivity index (χ4v) is 3.42. The molecule has 2 aliphatic rings. The Morgan fingerprint density at radius 2 is 1.81 bits per heavy atom. The van der Waals surface area contributed by atoms with Gasteiger partial charge in [0.15, 0.2) is 6.29 Å². The number of aliphatic hydroxyl groups is 2. The number of hydrogen-bond donors (Lipinski definition) is 2. The number of ether oxygens (including phenoxy) is 1. The van der Waals surface area contributed by atoms with Gasteiger partial charge in [0, 0.05) is 6.42 Å². The molecule has 116 valence electrons. The van der Waals surface area contributed by atoms with E-state index in [-0.39, 0.29) is 26.2 Å². The number of benzene rings is 1. The van der Waals surface area contributed by atoms with E-state index >= 15 is 0 Å². The monoisotopic (exact) mass is 316 g/mol. The van der Waals surface area contributed by atoms with Crippen LogP contribution in [0.2, 0.25) is 0 Å². The van der Waals surface area contributed by atoms with Gasteiger partial charge < -0.3 is 14.9 Å². The lowest BCUT2D eigenvalue weighted by Crippen LogP contribution is -2.26. The smallest absolute Gasteiger partial charge is 0.390 e. The summed E-state index contributed by atoms with van der Waals surface area (Å²) < 4.78 is 33.2. The summed E-state index contributed by atoms with van der Waals surface area (Å²) in [5.41, 5.74) is 1.79. The second-order valence-corrected chi connectivity index (χ2v) is 6.66. The van der Waals surface area contributed by atoms with Crippen molar-refractivity contribution in [3.63, 3.8) is 0 Å². The maximum Gasteiger partial charge on any atom is 0.475 e. The number of fused-ring (bicyclic) bond motifs is 1. The van der Waals surface area contributed by atoms with Gasteiger partial charge in [-0.2, -0.15) is 0 Å². The molecule has 2 heterocycles. The Balaban J connectivity index is 1.60. The van der Waals surface area contributed by atoms with E-state index in [1.165, 1.54) is 0 Å². The minimum absolute atomic E-state index is 0.103. The highest BCUT2D eigenvalue weighted by Gasteiger charge is 2.37. The van der Waals surface area contributed by atoms with E-state index in [2.05, 4.69) is 0 Å². The molecular weight excluding hydrogens is 299 g/mol. The molecule has 1 saturated heterocycles. The van der Waals surface area contributed by atoms with Gasteiger partial charge in [0.2, 0.25) is 0 Å². The van der Waals surface area contributed by atoms with Gasteiger partial charge in [-0.25, -0.2) is 4.57 Å². The molecule has 1 aromatic rings. The van der Waals surface area contributed by atoms with E-state index in [0.29, 0.717) is 0 Å². The van der Waals surface area contributed by atoms with Gasteiger partial charge in [-0.1, -0.05) is 24.3 Å². The highest BCUT2D eigenvalue weighted by atomic mass is 31.2. The third kappa shape index (κ3) is 3.52. The lowest BCUT2D eigenvalue weighted by molar-refractivity contribution is -0.107. The summed E-state index contributed by atoms with van der Waals surface area (Å²) in [6, 6.07) is 7.47. The topological polar surface area (TPSA) is 94.5 Å². The second-order valence-electron chi connectivity index (χ2n) is 4.99. The average Bonchev–Trinajstić information content (AvgIpc) is 2.69. The summed E-state index contributed by atoms with van der Waals surface area (Å²) in [5.74, 6) is 0.